The molecule has 3 rings (SSSR count). The molecule has 2 nitrogen and oxygen atoms in total. The van der Waals surface area contributed by atoms with Gasteiger partial charge in [-0.05, 0) is 62.5 Å². The highest BCUT2D eigenvalue weighted by Gasteiger charge is 2.49. The maximum absolute atomic E-state index is 9.90. The zero-order valence-electron chi connectivity index (χ0n) is 12.2. The predicted octanol–water partition coefficient (Wildman–Crippen LogP) is 3.47. The van der Waals surface area contributed by atoms with Crippen LogP contribution in [0, 0.1) is 0 Å². The first kappa shape index (κ1) is 13.0. The summed E-state index contributed by atoms with van der Waals surface area (Å²) < 4.78 is 0. The molecule has 1 fully saturated rings. The van der Waals surface area contributed by atoms with E-state index in [1.165, 1.54) is 56.2 Å². The highest BCUT2D eigenvalue weighted by molar-refractivity contribution is 5.44. The summed E-state index contributed by atoms with van der Waals surface area (Å²) in [5, 5.41) is 9.90. The van der Waals surface area contributed by atoms with Gasteiger partial charge >= 0.3 is 0 Å². The highest BCUT2D eigenvalue weighted by Crippen LogP contribution is 2.50. The summed E-state index contributed by atoms with van der Waals surface area (Å²) in [5.41, 5.74) is 3.22. The maximum Gasteiger partial charge on any atom is 0.115 e. The van der Waals surface area contributed by atoms with Crippen LogP contribution in [0.1, 0.15) is 50.2 Å². The van der Waals surface area contributed by atoms with E-state index in [9.17, 15) is 5.11 Å². The Kier molecular flexibility index (Phi) is 3.30. The Morgan fingerprint density at radius 3 is 3.05 bits per heavy atom. The van der Waals surface area contributed by atoms with E-state index in [2.05, 4.69) is 31.0 Å². The van der Waals surface area contributed by atoms with Crippen LogP contribution in [0.15, 0.2) is 18.2 Å². The van der Waals surface area contributed by atoms with E-state index in [1.54, 1.807) is 0 Å². The second kappa shape index (κ2) is 4.82. The van der Waals surface area contributed by atoms with E-state index in [0.29, 0.717) is 17.2 Å². The van der Waals surface area contributed by atoms with Gasteiger partial charge in [-0.3, -0.25) is 0 Å². The SMILES string of the molecule is CCCC[C@]12CCN(C)[C@@H]1CCc1ccc(O)cc12. The maximum atomic E-state index is 9.90. The van der Waals surface area contributed by atoms with Crippen LogP contribution in [0.3, 0.4) is 0 Å². The van der Waals surface area contributed by atoms with Crippen molar-refractivity contribution in [3.05, 3.63) is 29.3 Å². The fourth-order valence-corrected chi connectivity index (χ4v) is 4.39. The molecule has 1 N–H and O–H groups in total. The molecule has 0 radical (unpaired) electrons. The van der Waals surface area contributed by atoms with Gasteiger partial charge in [0.2, 0.25) is 0 Å². The molecule has 1 aromatic carbocycles. The highest BCUT2D eigenvalue weighted by atomic mass is 16.3. The first-order valence-corrected chi connectivity index (χ1v) is 7.70. The average molecular weight is 259 g/mol. The normalized spacial score (nSPS) is 30.1. The molecule has 1 aliphatic carbocycles. The summed E-state index contributed by atoms with van der Waals surface area (Å²) in [6.45, 7) is 3.47. The van der Waals surface area contributed by atoms with Crippen LogP contribution in [-0.4, -0.2) is 29.6 Å². The summed E-state index contributed by atoms with van der Waals surface area (Å²) in [6, 6.07) is 6.72. The average Bonchev–Trinajstić information content (AvgIpc) is 2.75. The molecule has 0 amide bonds. The lowest BCUT2D eigenvalue weighted by Crippen LogP contribution is -2.44. The number of benzene rings is 1. The summed E-state index contributed by atoms with van der Waals surface area (Å²) in [7, 11) is 2.27. The van der Waals surface area contributed by atoms with Crippen molar-refractivity contribution in [2.75, 3.05) is 13.6 Å². The standard InChI is InChI=1S/C17H25NO/c1-3-4-9-17-10-11-18(2)16(17)8-6-13-5-7-14(19)12-15(13)17/h5,7,12,16,19H,3-4,6,8-11H2,1-2H3/t16-,17-/m1/s1. The van der Waals surface area contributed by atoms with Crippen LogP contribution >= 0.6 is 0 Å². The number of unbranched alkanes of at least 4 members (excludes halogenated alkanes) is 1. The Morgan fingerprint density at radius 1 is 1.42 bits per heavy atom. The number of fused-ring (bicyclic) bond motifs is 3. The van der Waals surface area contributed by atoms with Crippen molar-refractivity contribution < 1.29 is 5.11 Å². The van der Waals surface area contributed by atoms with Gasteiger partial charge in [0.15, 0.2) is 0 Å². The van der Waals surface area contributed by atoms with E-state index in [4.69, 9.17) is 0 Å². The van der Waals surface area contributed by atoms with Gasteiger partial charge in [0.25, 0.3) is 0 Å². The first-order chi connectivity index (χ1) is 9.17. The van der Waals surface area contributed by atoms with E-state index in [-0.39, 0.29) is 0 Å². The van der Waals surface area contributed by atoms with Crippen LogP contribution in [-0.2, 0) is 11.8 Å². The molecule has 1 aromatic rings. The monoisotopic (exact) mass is 259 g/mol. The number of rotatable bonds is 3. The predicted molar refractivity (Wildman–Crippen MR) is 78.7 cm³/mol. The van der Waals surface area contributed by atoms with Crippen LogP contribution in [0.4, 0.5) is 0 Å². The van der Waals surface area contributed by atoms with Crippen molar-refractivity contribution in [2.24, 2.45) is 0 Å². The van der Waals surface area contributed by atoms with Gasteiger partial charge in [-0.15, -0.1) is 0 Å². The molecular weight excluding hydrogens is 234 g/mol. The number of aromatic hydroxyl groups is 1. The van der Waals surface area contributed by atoms with Crippen LogP contribution in [0.2, 0.25) is 0 Å². The number of nitrogens with zero attached hydrogens (tertiary/aromatic N) is 1. The Bertz CT molecular complexity index is 470. The number of likely N-dealkylation sites (tertiary alicyclic amines) is 1. The minimum absolute atomic E-state index is 0.303. The van der Waals surface area contributed by atoms with E-state index >= 15 is 0 Å². The van der Waals surface area contributed by atoms with Gasteiger partial charge in [-0.1, -0.05) is 25.8 Å². The molecule has 1 saturated heterocycles. The third-order valence-electron chi connectivity index (χ3n) is 5.37. The minimum Gasteiger partial charge on any atom is -0.508 e. The molecule has 0 unspecified atom stereocenters. The Balaban J connectivity index is 2.06. The van der Waals surface area contributed by atoms with Crippen molar-refractivity contribution in [2.45, 2.75) is 56.9 Å². The molecule has 0 saturated carbocycles. The number of phenols is 1. The van der Waals surface area contributed by atoms with Crippen LogP contribution < -0.4 is 0 Å². The van der Waals surface area contributed by atoms with E-state index in [0.717, 1.165) is 0 Å². The molecule has 0 bridgehead atoms. The van der Waals surface area contributed by atoms with E-state index in [1.807, 2.05) is 6.07 Å². The smallest absolute Gasteiger partial charge is 0.115 e. The number of likely N-dealkylation sites (N-methyl/N-ethyl adjacent to an activating group) is 1. The van der Waals surface area contributed by atoms with Crippen molar-refractivity contribution in [3.8, 4) is 5.75 Å². The van der Waals surface area contributed by atoms with Crippen molar-refractivity contribution in [1.29, 1.82) is 0 Å². The third-order valence-corrected chi connectivity index (χ3v) is 5.37. The third kappa shape index (κ3) is 1.97. The van der Waals surface area contributed by atoms with Crippen molar-refractivity contribution >= 4 is 0 Å². The van der Waals surface area contributed by atoms with Crippen LogP contribution in [0.5, 0.6) is 5.75 Å². The minimum atomic E-state index is 0.303. The van der Waals surface area contributed by atoms with Crippen LogP contribution in [0.25, 0.3) is 0 Å². The quantitative estimate of drug-likeness (QED) is 0.898. The molecule has 19 heavy (non-hydrogen) atoms. The summed E-state index contributed by atoms with van der Waals surface area (Å²) in [6.07, 6.45) is 7.52. The largest absolute Gasteiger partial charge is 0.508 e. The van der Waals surface area contributed by atoms with Crippen molar-refractivity contribution in [3.63, 3.8) is 0 Å². The number of phenolic OH excluding ortho intramolecular Hbond substituents is 1. The Morgan fingerprint density at radius 2 is 2.26 bits per heavy atom. The molecule has 2 aliphatic rings. The molecule has 0 spiro atoms. The lowest BCUT2D eigenvalue weighted by atomic mass is 9.64. The lowest BCUT2D eigenvalue weighted by Gasteiger charge is -2.43. The number of hydrogen-bond donors (Lipinski definition) is 1. The fraction of sp³-hybridized carbons (Fsp3) is 0.647. The molecular formula is C17H25NO. The van der Waals surface area contributed by atoms with Gasteiger partial charge < -0.3 is 10.0 Å². The molecule has 2 atom stereocenters. The first-order valence-electron chi connectivity index (χ1n) is 7.70. The van der Waals surface area contributed by atoms with Gasteiger partial charge in [-0.25, -0.2) is 0 Å². The second-order valence-corrected chi connectivity index (χ2v) is 6.39. The van der Waals surface area contributed by atoms with Gasteiger partial charge in [0.1, 0.15) is 5.75 Å². The fourth-order valence-electron chi connectivity index (χ4n) is 4.39. The number of aryl methyl sites for hydroxylation is 1. The topological polar surface area (TPSA) is 23.5 Å². The number of hydrogen-bond acceptors (Lipinski definition) is 2. The Labute approximate surface area is 116 Å². The summed E-state index contributed by atoms with van der Waals surface area (Å²) in [5.74, 6) is 0.435. The zero-order valence-corrected chi connectivity index (χ0v) is 12.2. The summed E-state index contributed by atoms with van der Waals surface area (Å²) in [4.78, 5) is 2.54. The molecule has 0 aromatic heterocycles. The molecule has 2 heteroatoms. The van der Waals surface area contributed by atoms with Gasteiger partial charge in [0.05, 0.1) is 0 Å². The van der Waals surface area contributed by atoms with E-state index < -0.39 is 0 Å². The molecule has 1 heterocycles. The van der Waals surface area contributed by atoms with Gasteiger partial charge in [0, 0.05) is 11.5 Å². The summed E-state index contributed by atoms with van der Waals surface area (Å²) >= 11 is 0. The molecule has 104 valence electrons. The zero-order chi connectivity index (χ0) is 13.5. The second-order valence-electron chi connectivity index (χ2n) is 6.39. The Hall–Kier alpha value is -1.02. The lowest BCUT2D eigenvalue weighted by molar-refractivity contribution is 0.204. The molecule has 1 aliphatic heterocycles. The van der Waals surface area contributed by atoms with Gasteiger partial charge in [-0.2, -0.15) is 0 Å². The van der Waals surface area contributed by atoms with Crippen molar-refractivity contribution in [1.82, 2.24) is 4.90 Å².